The third kappa shape index (κ3) is 2.82. The summed E-state index contributed by atoms with van der Waals surface area (Å²) in [6, 6.07) is 3.44. The molecule has 2 aromatic rings. The maximum Gasteiger partial charge on any atom is 0.316 e. The first-order valence-corrected chi connectivity index (χ1v) is 5.41. The molecule has 0 bridgehead atoms. The van der Waals surface area contributed by atoms with Crippen LogP contribution in [-0.4, -0.2) is 23.0 Å². The highest BCUT2D eigenvalue weighted by Gasteiger charge is 2.10. The molecule has 0 spiro atoms. The molecule has 6 nitrogen and oxygen atoms in total. The quantitative estimate of drug-likeness (QED) is 0.939. The summed E-state index contributed by atoms with van der Waals surface area (Å²) in [6.07, 6.45) is 2.89. The van der Waals surface area contributed by atoms with Gasteiger partial charge in [-0.3, -0.25) is 4.79 Å². The van der Waals surface area contributed by atoms with E-state index in [-0.39, 0.29) is 17.7 Å². The highest BCUT2D eigenvalue weighted by Crippen LogP contribution is 2.15. The number of methoxy groups -OCH3 is 1. The van der Waals surface area contributed by atoms with Crippen LogP contribution in [0.25, 0.3) is 0 Å². The van der Waals surface area contributed by atoms with Crippen molar-refractivity contribution in [2.75, 3.05) is 12.4 Å². The molecule has 0 aliphatic rings. The molecule has 0 unspecified atom stereocenters. The van der Waals surface area contributed by atoms with E-state index in [1.807, 2.05) is 0 Å². The number of nitrogens with one attached hydrogen (secondary N) is 1. The predicted molar refractivity (Wildman–Crippen MR) is 62.9 cm³/mol. The summed E-state index contributed by atoms with van der Waals surface area (Å²) >= 11 is 3.12. The molecule has 0 aromatic carbocycles. The SMILES string of the molecule is COc1ncc(NC(=O)c2ccc(Br)o2)cn1. The number of rotatable bonds is 3. The highest BCUT2D eigenvalue weighted by atomic mass is 79.9. The first kappa shape index (κ1) is 11.6. The Morgan fingerprint density at radius 2 is 2.12 bits per heavy atom. The summed E-state index contributed by atoms with van der Waals surface area (Å²) in [5, 5.41) is 2.59. The van der Waals surface area contributed by atoms with Gasteiger partial charge in [-0.15, -0.1) is 0 Å². The zero-order valence-electron chi connectivity index (χ0n) is 8.81. The van der Waals surface area contributed by atoms with Gasteiger partial charge in [0, 0.05) is 0 Å². The Bertz CT molecular complexity index is 524. The number of amides is 1. The van der Waals surface area contributed by atoms with E-state index in [0.717, 1.165) is 0 Å². The van der Waals surface area contributed by atoms with E-state index in [2.05, 4.69) is 31.2 Å². The molecule has 0 fully saturated rings. The van der Waals surface area contributed by atoms with E-state index >= 15 is 0 Å². The Balaban J connectivity index is 2.07. The summed E-state index contributed by atoms with van der Waals surface area (Å²) in [5.74, 6) is -0.169. The second-order valence-electron chi connectivity index (χ2n) is 3.02. The molecular weight excluding hydrogens is 290 g/mol. The summed E-state index contributed by atoms with van der Waals surface area (Å²) in [5.41, 5.74) is 0.461. The van der Waals surface area contributed by atoms with Crippen LogP contribution < -0.4 is 10.1 Å². The van der Waals surface area contributed by atoms with Crippen LogP contribution in [0.1, 0.15) is 10.6 Å². The second-order valence-corrected chi connectivity index (χ2v) is 3.80. The number of anilines is 1. The Morgan fingerprint density at radius 3 is 2.65 bits per heavy atom. The molecule has 0 radical (unpaired) electrons. The third-order valence-electron chi connectivity index (χ3n) is 1.87. The lowest BCUT2D eigenvalue weighted by Gasteiger charge is -2.02. The molecule has 1 amide bonds. The summed E-state index contributed by atoms with van der Waals surface area (Å²) < 4.78 is 10.4. The monoisotopic (exact) mass is 297 g/mol. The molecule has 2 rings (SSSR count). The van der Waals surface area contributed by atoms with Crippen molar-refractivity contribution in [3.8, 4) is 6.01 Å². The molecule has 17 heavy (non-hydrogen) atoms. The smallest absolute Gasteiger partial charge is 0.316 e. The minimum atomic E-state index is -0.371. The van der Waals surface area contributed by atoms with Gasteiger partial charge in [0.2, 0.25) is 0 Å². The van der Waals surface area contributed by atoms with Crippen molar-refractivity contribution in [1.29, 1.82) is 0 Å². The van der Waals surface area contributed by atoms with E-state index < -0.39 is 0 Å². The van der Waals surface area contributed by atoms with Crippen molar-refractivity contribution in [3.63, 3.8) is 0 Å². The van der Waals surface area contributed by atoms with Crippen molar-refractivity contribution in [1.82, 2.24) is 9.97 Å². The molecule has 88 valence electrons. The summed E-state index contributed by atoms with van der Waals surface area (Å²) in [7, 11) is 1.47. The van der Waals surface area contributed by atoms with Crippen LogP contribution in [0.2, 0.25) is 0 Å². The number of ether oxygens (including phenoxy) is 1. The van der Waals surface area contributed by atoms with Crippen LogP contribution in [0.4, 0.5) is 5.69 Å². The predicted octanol–water partition coefficient (Wildman–Crippen LogP) is 2.09. The molecule has 0 aliphatic carbocycles. The van der Waals surface area contributed by atoms with E-state index in [1.165, 1.54) is 19.5 Å². The normalized spacial score (nSPS) is 10.0. The van der Waals surface area contributed by atoms with Crippen molar-refractivity contribution in [2.24, 2.45) is 0 Å². The lowest BCUT2D eigenvalue weighted by Crippen LogP contribution is -2.11. The minimum Gasteiger partial charge on any atom is -0.467 e. The number of aromatic nitrogens is 2. The van der Waals surface area contributed by atoms with Gasteiger partial charge in [-0.05, 0) is 28.1 Å². The average molecular weight is 298 g/mol. The van der Waals surface area contributed by atoms with Crippen molar-refractivity contribution < 1.29 is 13.9 Å². The van der Waals surface area contributed by atoms with Gasteiger partial charge in [0.25, 0.3) is 5.91 Å². The number of carbonyl (C=O) groups is 1. The van der Waals surface area contributed by atoms with E-state index in [9.17, 15) is 4.79 Å². The first-order valence-electron chi connectivity index (χ1n) is 4.62. The van der Waals surface area contributed by atoms with Gasteiger partial charge < -0.3 is 14.5 Å². The largest absolute Gasteiger partial charge is 0.467 e. The molecule has 0 atom stereocenters. The maximum atomic E-state index is 11.7. The van der Waals surface area contributed by atoms with E-state index in [0.29, 0.717) is 10.4 Å². The van der Waals surface area contributed by atoms with Gasteiger partial charge in [0.05, 0.1) is 25.2 Å². The summed E-state index contributed by atoms with van der Waals surface area (Å²) in [6.45, 7) is 0. The Hall–Kier alpha value is -1.89. The fraction of sp³-hybridized carbons (Fsp3) is 0.100. The molecule has 2 heterocycles. The molecule has 0 saturated heterocycles. The second kappa shape index (κ2) is 4.96. The first-order chi connectivity index (χ1) is 8.19. The lowest BCUT2D eigenvalue weighted by atomic mass is 10.4. The number of furan rings is 1. The number of halogens is 1. The maximum absolute atomic E-state index is 11.7. The van der Waals surface area contributed by atoms with Gasteiger partial charge in [-0.25, -0.2) is 9.97 Å². The van der Waals surface area contributed by atoms with Gasteiger partial charge in [-0.1, -0.05) is 0 Å². The van der Waals surface area contributed by atoms with Crippen LogP contribution in [0.5, 0.6) is 6.01 Å². The zero-order chi connectivity index (χ0) is 12.3. The van der Waals surface area contributed by atoms with Crippen LogP contribution in [-0.2, 0) is 0 Å². The number of nitrogens with zero attached hydrogens (tertiary/aromatic N) is 2. The molecule has 0 saturated carbocycles. The summed E-state index contributed by atoms with van der Waals surface area (Å²) in [4.78, 5) is 19.4. The zero-order valence-corrected chi connectivity index (χ0v) is 10.4. The van der Waals surface area contributed by atoms with E-state index in [4.69, 9.17) is 9.15 Å². The Morgan fingerprint density at radius 1 is 1.41 bits per heavy atom. The molecule has 1 N–H and O–H groups in total. The van der Waals surface area contributed by atoms with Crippen LogP contribution in [0.15, 0.2) is 33.6 Å². The fourth-order valence-corrected chi connectivity index (χ4v) is 1.42. The molecular formula is C10H8BrN3O3. The number of hydrogen-bond acceptors (Lipinski definition) is 5. The van der Waals surface area contributed by atoms with Crippen molar-refractivity contribution in [2.45, 2.75) is 0 Å². The van der Waals surface area contributed by atoms with Gasteiger partial charge >= 0.3 is 6.01 Å². The van der Waals surface area contributed by atoms with Crippen LogP contribution >= 0.6 is 15.9 Å². The van der Waals surface area contributed by atoms with Crippen molar-refractivity contribution in [3.05, 3.63) is 35.0 Å². The Labute approximate surface area is 105 Å². The molecule has 0 aliphatic heterocycles. The standard InChI is InChI=1S/C10H8BrN3O3/c1-16-10-12-4-6(5-13-10)14-9(15)7-2-3-8(11)17-7/h2-5H,1H3,(H,14,15). The van der Waals surface area contributed by atoms with Gasteiger partial charge in [-0.2, -0.15) is 0 Å². The average Bonchev–Trinajstić information content (AvgIpc) is 2.77. The topological polar surface area (TPSA) is 77.2 Å². The fourth-order valence-electron chi connectivity index (χ4n) is 1.12. The third-order valence-corrected chi connectivity index (χ3v) is 2.29. The number of hydrogen-bond donors (Lipinski definition) is 1. The van der Waals surface area contributed by atoms with Gasteiger partial charge in [0.15, 0.2) is 10.4 Å². The van der Waals surface area contributed by atoms with Crippen LogP contribution in [0, 0.1) is 0 Å². The highest BCUT2D eigenvalue weighted by molar-refractivity contribution is 9.10. The van der Waals surface area contributed by atoms with Gasteiger partial charge in [0.1, 0.15) is 0 Å². The molecule has 7 heteroatoms. The minimum absolute atomic E-state index is 0.202. The Kier molecular flexibility index (Phi) is 3.38. The molecule has 2 aromatic heterocycles. The number of carbonyl (C=O) groups excluding carboxylic acids is 1. The van der Waals surface area contributed by atoms with Crippen LogP contribution in [0.3, 0.4) is 0 Å². The van der Waals surface area contributed by atoms with E-state index in [1.54, 1.807) is 12.1 Å². The van der Waals surface area contributed by atoms with Crippen molar-refractivity contribution >= 4 is 27.5 Å². The lowest BCUT2D eigenvalue weighted by molar-refractivity contribution is 0.0995.